The highest BCUT2D eigenvalue weighted by Gasteiger charge is 2.30. The number of fused-ring (bicyclic) bond motifs is 1. The van der Waals surface area contributed by atoms with Gasteiger partial charge in [-0.25, -0.2) is 9.97 Å². The Bertz CT molecular complexity index is 867. The van der Waals surface area contributed by atoms with Gasteiger partial charge in [-0.15, -0.1) is 0 Å². The minimum absolute atomic E-state index is 0.217. The molecule has 7 nitrogen and oxygen atoms in total. The van der Waals surface area contributed by atoms with Crippen molar-refractivity contribution in [2.24, 2.45) is 0 Å². The number of rotatable bonds is 4. The van der Waals surface area contributed by atoms with Crippen LogP contribution in [-0.4, -0.2) is 36.0 Å². The van der Waals surface area contributed by atoms with Crippen LogP contribution >= 0.6 is 0 Å². The number of aromatic nitrogens is 5. The molecule has 1 fully saturated rings. The van der Waals surface area contributed by atoms with Gasteiger partial charge in [0.1, 0.15) is 0 Å². The minimum atomic E-state index is 0.217. The lowest BCUT2D eigenvalue weighted by Gasteiger charge is -2.20. The molecule has 0 saturated carbocycles. The van der Waals surface area contributed by atoms with E-state index in [9.17, 15) is 0 Å². The van der Waals surface area contributed by atoms with Gasteiger partial charge in [-0.2, -0.15) is 4.98 Å². The molecule has 3 aromatic rings. The van der Waals surface area contributed by atoms with Crippen LogP contribution in [0.5, 0.6) is 0 Å². The summed E-state index contributed by atoms with van der Waals surface area (Å²) < 4.78 is 7.34. The summed E-state index contributed by atoms with van der Waals surface area (Å²) in [5.74, 6) is 2.28. The average molecular weight is 326 g/mol. The zero-order valence-corrected chi connectivity index (χ0v) is 14.4. The van der Waals surface area contributed by atoms with Gasteiger partial charge in [0.05, 0.1) is 11.7 Å². The smallest absolute Gasteiger partial charge is 0.234 e. The second-order valence-corrected chi connectivity index (χ2v) is 6.47. The molecule has 0 aromatic carbocycles. The summed E-state index contributed by atoms with van der Waals surface area (Å²) in [6.45, 7) is 7.91. The maximum absolute atomic E-state index is 5.28. The van der Waals surface area contributed by atoms with Gasteiger partial charge in [0.15, 0.2) is 5.82 Å². The fourth-order valence-electron chi connectivity index (χ4n) is 3.46. The van der Waals surface area contributed by atoms with Crippen LogP contribution in [-0.2, 0) is 13.0 Å². The third-order valence-corrected chi connectivity index (χ3v) is 4.62. The van der Waals surface area contributed by atoms with Crippen molar-refractivity contribution in [3.8, 4) is 0 Å². The lowest BCUT2D eigenvalue weighted by Crippen LogP contribution is -2.23. The first-order valence-electron chi connectivity index (χ1n) is 8.53. The Labute approximate surface area is 140 Å². The molecule has 0 amide bonds. The van der Waals surface area contributed by atoms with Gasteiger partial charge in [0, 0.05) is 30.6 Å². The first-order chi connectivity index (χ1) is 11.6. The topological polar surface area (TPSA) is 72.4 Å². The number of aryl methyl sites for hydroxylation is 3. The number of nitrogens with zero attached hydrogens (tertiary/aromatic N) is 6. The van der Waals surface area contributed by atoms with Crippen LogP contribution in [0.1, 0.15) is 54.6 Å². The van der Waals surface area contributed by atoms with E-state index in [1.54, 1.807) is 0 Å². The molecular weight excluding hydrogens is 304 g/mol. The quantitative estimate of drug-likeness (QED) is 0.734. The van der Waals surface area contributed by atoms with E-state index in [-0.39, 0.29) is 6.04 Å². The van der Waals surface area contributed by atoms with E-state index in [1.807, 2.05) is 13.8 Å². The Hall–Kier alpha value is -2.28. The molecule has 0 radical (unpaired) electrons. The predicted octanol–water partition coefficient (Wildman–Crippen LogP) is 2.63. The summed E-state index contributed by atoms with van der Waals surface area (Å²) in [5.41, 5.74) is 3.18. The van der Waals surface area contributed by atoms with Gasteiger partial charge >= 0.3 is 0 Å². The molecule has 1 atom stereocenters. The van der Waals surface area contributed by atoms with Crippen LogP contribution in [0.25, 0.3) is 5.78 Å². The van der Waals surface area contributed by atoms with Crippen LogP contribution in [0.3, 0.4) is 0 Å². The summed E-state index contributed by atoms with van der Waals surface area (Å²) in [6.07, 6.45) is 5.06. The van der Waals surface area contributed by atoms with Gasteiger partial charge in [0.2, 0.25) is 11.7 Å². The third-order valence-electron chi connectivity index (χ3n) is 4.62. The lowest BCUT2D eigenvalue weighted by atomic mass is 10.2. The maximum Gasteiger partial charge on any atom is 0.234 e. The van der Waals surface area contributed by atoms with Gasteiger partial charge in [-0.3, -0.25) is 9.30 Å². The number of likely N-dealkylation sites (tertiary alicyclic amines) is 1. The molecule has 1 aliphatic rings. The molecule has 7 heteroatoms. The van der Waals surface area contributed by atoms with E-state index >= 15 is 0 Å². The fraction of sp³-hybridized carbons (Fsp3) is 0.529. The van der Waals surface area contributed by atoms with Crippen molar-refractivity contribution in [1.29, 1.82) is 0 Å². The number of imidazole rings is 1. The molecule has 0 unspecified atom stereocenters. The van der Waals surface area contributed by atoms with Crippen molar-refractivity contribution >= 4 is 5.78 Å². The van der Waals surface area contributed by atoms with E-state index in [0.29, 0.717) is 5.89 Å². The molecule has 0 N–H and O–H groups in total. The zero-order chi connectivity index (χ0) is 16.7. The van der Waals surface area contributed by atoms with E-state index in [1.165, 1.54) is 0 Å². The molecule has 4 rings (SSSR count). The molecule has 0 bridgehead atoms. The molecule has 0 aliphatic carbocycles. The fourth-order valence-corrected chi connectivity index (χ4v) is 3.46. The Kier molecular flexibility index (Phi) is 3.80. The monoisotopic (exact) mass is 326 g/mol. The van der Waals surface area contributed by atoms with Crippen molar-refractivity contribution < 1.29 is 4.52 Å². The highest BCUT2D eigenvalue weighted by molar-refractivity contribution is 5.34. The predicted molar refractivity (Wildman–Crippen MR) is 88.5 cm³/mol. The molecule has 24 heavy (non-hydrogen) atoms. The average Bonchev–Trinajstić information content (AvgIpc) is 3.25. The highest BCUT2D eigenvalue weighted by atomic mass is 16.5. The molecule has 1 saturated heterocycles. The first-order valence-corrected chi connectivity index (χ1v) is 8.53. The van der Waals surface area contributed by atoms with Crippen molar-refractivity contribution in [2.45, 2.75) is 52.6 Å². The van der Waals surface area contributed by atoms with Crippen molar-refractivity contribution in [3.05, 3.63) is 41.1 Å². The molecule has 0 spiro atoms. The van der Waals surface area contributed by atoms with Crippen molar-refractivity contribution in [2.75, 3.05) is 6.54 Å². The Balaban J connectivity index is 1.58. The van der Waals surface area contributed by atoms with Gasteiger partial charge < -0.3 is 4.52 Å². The number of hydrogen-bond acceptors (Lipinski definition) is 6. The zero-order valence-electron chi connectivity index (χ0n) is 14.4. The van der Waals surface area contributed by atoms with Crippen molar-refractivity contribution in [3.63, 3.8) is 0 Å². The van der Waals surface area contributed by atoms with E-state index in [2.05, 4.69) is 43.6 Å². The molecule has 1 aliphatic heterocycles. The normalized spacial score (nSPS) is 18.7. The molecular formula is C17H22N6O. The summed E-state index contributed by atoms with van der Waals surface area (Å²) >= 11 is 0. The Morgan fingerprint density at radius 3 is 2.92 bits per heavy atom. The summed E-state index contributed by atoms with van der Waals surface area (Å²) in [5, 5.41) is 4.16. The van der Waals surface area contributed by atoms with Crippen LogP contribution in [0, 0.1) is 13.8 Å². The molecule has 4 heterocycles. The van der Waals surface area contributed by atoms with Crippen LogP contribution in [0.2, 0.25) is 0 Å². The molecule has 3 aromatic heterocycles. The van der Waals surface area contributed by atoms with Gasteiger partial charge in [-0.1, -0.05) is 12.1 Å². The van der Waals surface area contributed by atoms with E-state index < -0.39 is 0 Å². The maximum atomic E-state index is 5.28. The van der Waals surface area contributed by atoms with E-state index in [0.717, 1.165) is 61.0 Å². The molecule has 126 valence electrons. The first kappa shape index (κ1) is 15.3. The third kappa shape index (κ3) is 2.69. The largest absolute Gasteiger partial charge is 0.339 e. The summed E-state index contributed by atoms with van der Waals surface area (Å²) in [7, 11) is 0. The van der Waals surface area contributed by atoms with E-state index in [4.69, 9.17) is 9.51 Å². The van der Waals surface area contributed by atoms with Crippen LogP contribution < -0.4 is 0 Å². The van der Waals surface area contributed by atoms with Gasteiger partial charge in [0.25, 0.3) is 0 Å². The second-order valence-electron chi connectivity index (χ2n) is 6.47. The van der Waals surface area contributed by atoms with Crippen molar-refractivity contribution in [1.82, 2.24) is 29.4 Å². The SMILES string of the molecule is CCc1nc([C@@H]2CCCN2Cc2cn3c(C)cc(C)nc3n2)no1. The standard InChI is InChI=1S/C17H22N6O/c1-4-15-20-16(21-24-15)14-6-5-7-22(14)9-13-10-23-12(3)8-11(2)18-17(23)19-13/h8,10,14H,4-7,9H2,1-3H3/t14-/m0/s1. The number of hydrogen-bond donors (Lipinski definition) is 0. The van der Waals surface area contributed by atoms with Gasteiger partial charge in [-0.05, 0) is 39.3 Å². The summed E-state index contributed by atoms with van der Waals surface area (Å²) in [6, 6.07) is 2.29. The summed E-state index contributed by atoms with van der Waals surface area (Å²) in [4.78, 5) is 16.1. The van der Waals surface area contributed by atoms with Crippen LogP contribution in [0.4, 0.5) is 0 Å². The minimum Gasteiger partial charge on any atom is -0.339 e. The Morgan fingerprint density at radius 2 is 2.12 bits per heavy atom. The Morgan fingerprint density at radius 1 is 1.25 bits per heavy atom. The van der Waals surface area contributed by atoms with Crippen LogP contribution in [0.15, 0.2) is 16.8 Å². The lowest BCUT2D eigenvalue weighted by molar-refractivity contribution is 0.232. The highest BCUT2D eigenvalue weighted by Crippen LogP contribution is 2.31. The second kappa shape index (κ2) is 5.98.